The maximum Gasteiger partial charge on any atom is 0.417 e. The molecule has 0 radical (unpaired) electrons. The molecule has 0 aliphatic heterocycles. The van der Waals surface area contributed by atoms with Gasteiger partial charge in [-0.15, -0.1) is 0 Å². The Morgan fingerprint density at radius 1 is 1.32 bits per heavy atom. The van der Waals surface area contributed by atoms with Crippen molar-refractivity contribution >= 4 is 17.4 Å². The van der Waals surface area contributed by atoms with Gasteiger partial charge in [0.25, 0.3) is 0 Å². The van der Waals surface area contributed by atoms with Gasteiger partial charge in [-0.25, -0.2) is 0 Å². The third-order valence-corrected chi connectivity index (χ3v) is 2.78. The van der Waals surface area contributed by atoms with Crippen molar-refractivity contribution in [2.75, 3.05) is 12.8 Å². The lowest BCUT2D eigenvalue weighted by Crippen LogP contribution is -2.08. The zero-order chi connectivity index (χ0) is 14.2. The molecule has 1 aromatic carbocycles. The monoisotopic (exact) mass is 291 g/mol. The Morgan fingerprint density at radius 3 is 2.47 bits per heavy atom. The number of hydrogen-bond acceptors (Lipinski definition) is 3. The fourth-order valence-corrected chi connectivity index (χ4v) is 1.88. The van der Waals surface area contributed by atoms with E-state index in [-0.39, 0.29) is 27.8 Å². The topological polar surface area (TPSA) is 63.9 Å². The first-order valence-corrected chi connectivity index (χ1v) is 5.46. The summed E-state index contributed by atoms with van der Waals surface area (Å²) in [7, 11) is 1.25. The number of benzene rings is 1. The number of aromatic amines is 1. The summed E-state index contributed by atoms with van der Waals surface area (Å²) < 4.78 is 43.9. The number of nitrogens with two attached hydrogens (primary N) is 1. The normalized spacial score (nSPS) is 11.6. The molecule has 1 heterocycles. The van der Waals surface area contributed by atoms with Crippen molar-refractivity contribution in [3.63, 3.8) is 0 Å². The molecule has 1 aromatic heterocycles. The number of aromatic nitrogens is 2. The van der Waals surface area contributed by atoms with E-state index in [1.165, 1.54) is 13.2 Å². The van der Waals surface area contributed by atoms with Crippen molar-refractivity contribution in [3.05, 3.63) is 28.8 Å². The molecule has 2 rings (SSSR count). The molecule has 2 aromatic rings. The first-order chi connectivity index (χ1) is 8.82. The third-order valence-electron chi connectivity index (χ3n) is 2.49. The lowest BCUT2D eigenvalue weighted by Gasteiger charge is -2.14. The fraction of sp³-hybridized carbons (Fsp3) is 0.182. The number of nitrogens with one attached hydrogen (secondary N) is 1. The Hall–Kier alpha value is -1.89. The molecule has 4 nitrogen and oxygen atoms in total. The van der Waals surface area contributed by atoms with Crippen molar-refractivity contribution < 1.29 is 17.9 Å². The molecule has 0 amide bonds. The minimum atomic E-state index is -4.55. The number of ether oxygens (including phenoxy) is 1. The van der Waals surface area contributed by atoms with E-state index in [0.717, 1.165) is 12.1 Å². The van der Waals surface area contributed by atoms with Crippen LogP contribution in [-0.4, -0.2) is 17.3 Å². The largest absolute Gasteiger partial charge is 0.495 e. The van der Waals surface area contributed by atoms with Crippen molar-refractivity contribution in [2.45, 2.75) is 6.18 Å². The quantitative estimate of drug-likeness (QED) is 0.892. The highest BCUT2D eigenvalue weighted by atomic mass is 35.5. The predicted octanol–water partition coefficient (Wildman–Crippen LogP) is 3.34. The minimum absolute atomic E-state index is 0.0507. The molecular weight excluding hydrogens is 283 g/mol. The van der Waals surface area contributed by atoms with Crippen LogP contribution in [0.1, 0.15) is 5.56 Å². The van der Waals surface area contributed by atoms with Gasteiger partial charge in [-0.3, -0.25) is 5.10 Å². The average molecular weight is 292 g/mol. The summed E-state index contributed by atoms with van der Waals surface area (Å²) in [5, 5.41) is 6.09. The van der Waals surface area contributed by atoms with Crippen LogP contribution < -0.4 is 10.5 Å². The SMILES string of the molecule is COc1cc(C(F)(F)F)c(-c2cc(N)n[nH]2)cc1Cl. The molecule has 19 heavy (non-hydrogen) atoms. The molecule has 3 N–H and O–H groups in total. The van der Waals surface area contributed by atoms with E-state index >= 15 is 0 Å². The molecule has 102 valence electrons. The highest BCUT2D eigenvalue weighted by molar-refractivity contribution is 6.32. The van der Waals surface area contributed by atoms with E-state index in [1.54, 1.807) is 0 Å². The molecular formula is C11H9ClF3N3O. The van der Waals surface area contributed by atoms with Gasteiger partial charge in [0, 0.05) is 11.6 Å². The molecule has 0 unspecified atom stereocenters. The number of methoxy groups -OCH3 is 1. The van der Waals surface area contributed by atoms with E-state index in [2.05, 4.69) is 10.2 Å². The number of nitrogens with zero attached hydrogens (tertiary/aromatic N) is 1. The Morgan fingerprint density at radius 2 is 2.00 bits per heavy atom. The van der Waals surface area contributed by atoms with Crippen molar-refractivity contribution in [3.8, 4) is 17.0 Å². The van der Waals surface area contributed by atoms with Gasteiger partial charge in [0.15, 0.2) is 0 Å². The molecule has 0 fully saturated rings. The summed E-state index contributed by atoms with van der Waals surface area (Å²) >= 11 is 5.85. The number of rotatable bonds is 2. The van der Waals surface area contributed by atoms with Crippen LogP contribution in [0.25, 0.3) is 11.3 Å². The predicted molar refractivity (Wildman–Crippen MR) is 65.0 cm³/mol. The van der Waals surface area contributed by atoms with Gasteiger partial charge >= 0.3 is 6.18 Å². The standard InChI is InChI=1S/C11H9ClF3N3O/c1-19-9-3-6(11(13,14)15)5(2-7(9)12)8-4-10(16)18-17-8/h2-4H,1H3,(H3,16,17,18). The van der Waals surface area contributed by atoms with Crippen molar-refractivity contribution in [1.82, 2.24) is 10.2 Å². The van der Waals surface area contributed by atoms with Crippen LogP contribution in [0.15, 0.2) is 18.2 Å². The second kappa shape index (κ2) is 4.65. The molecule has 0 bridgehead atoms. The van der Waals surface area contributed by atoms with Gasteiger partial charge in [0.1, 0.15) is 11.6 Å². The van der Waals surface area contributed by atoms with E-state index in [4.69, 9.17) is 22.1 Å². The van der Waals surface area contributed by atoms with Gasteiger partial charge in [-0.1, -0.05) is 11.6 Å². The highest BCUT2D eigenvalue weighted by Crippen LogP contribution is 2.41. The smallest absolute Gasteiger partial charge is 0.417 e. The molecule has 0 saturated heterocycles. The number of hydrogen-bond donors (Lipinski definition) is 2. The Labute approximate surface area is 111 Å². The van der Waals surface area contributed by atoms with Gasteiger partial charge in [-0.2, -0.15) is 18.3 Å². The van der Waals surface area contributed by atoms with Crippen LogP contribution in [-0.2, 0) is 6.18 Å². The Bertz CT molecular complexity index is 610. The number of anilines is 1. The molecule has 8 heteroatoms. The summed E-state index contributed by atoms with van der Waals surface area (Å²) in [5.74, 6) is 0.0419. The molecule has 0 atom stereocenters. The maximum absolute atomic E-state index is 13.0. The summed E-state index contributed by atoms with van der Waals surface area (Å²) in [6.07, 6.45) is -4.55. The van der Waals surface area contributed by atoms with E-state index in [1.807, 2.05) is 0 Å². The summed E-state index contributed by atoms with van der Waals surface area (Å²) in [4.78, 5) is 0. The van der Waals surface area contributed by atoms with Crippen LogP contribution in [0.5, 0.6) is 5.75 Å². The van der Waals surface area contributed by atoms with Gasteiger partial charge in [0.05, 0.1) is 23.4 Å². The van der Waals surface area contributed by atoms with Crippen molar-refractivity contribution in [2.24, 2.45) is 0 Å². The molecule has 0 aliphatic carbocycles. The zero-order valence-corrected chi connectivity index (χ0v) is 10.4. The van der Waals surface area contributed by atoms with Crippen LogP contribution in [0.3, 0.4) is 0 Å². The van der Waals surface area contributed by atoms with Gasteiger partial charge in [0.2, 0.25) is 0 Å². The lowest BCUT2D eigenvalue weighted by molar-refractivity contribution is -0.137. The number of nitrogen functional groups attached to an aromatic ring is 1. The number of H-pyrrole nitrogens is 1. The molecule has 0 spiro atoms. The number of halogens is 4. The minimum Gasteiger partial charge on any atom is -0.495 e. The first kappa shape index (κ1) is 13.5. The Kier molecular flexibility index (Phi) is 3.32. The summed E-state index contributed by atoms with van der Waals surface area (Å²) in [6, 6.07) is 3.30. The molecule has 0 saturated carbocycles. The second-order valence-corrected chi connectivity index (χ2v) is 4.14. The summed E-state index contributed by atoms with van der Waals surface area (Å²) in [5.41, 5.74) is 4.51. The van der Waals surface area contributed by atoms with Crippen LogP contribution in [0, 0.1) is 0 Å². The van der Waals surface area contributed by atoms with Gasteiger partial charge < -0.3 is 10.5 Å². The van der Waals surface area contributed by atoms with Crippen LogP contribution >= 0.6 is 11.6 Å². The first-order valence-electron chi connectivity index (χ1n) is 5.09. The van der Waals surface area contributed by atoms with Crippen molar-refractivity contribution in [1.29, 1.82) is 0 Å². The molecule has 0 aliphatic rings. The number of alkyl halides is 3. The zero-order valence-electron chi connectivity index (χ0n) is 9.68. The van der Waals surface area contributed by atoms with E-state index in [0.29, 0.717) is 0 Å². The van der Waals surface area contributed by atoms with E-state index in [9.17, 15) is 13.2 Å². The maximum atomic E-state index is 13.0. The lowest BCUT2D eigenvalue weighted by atomic mass is 10.0. The van der Waals surface area contributed by atoms with Crippen LogP contribution in [0.2, 0.25) is 5.02 Å². The summed E-state index contributed by atoms with van der Waals surface area (Å²) in [6.45, 7) is 0. The second-order valence-electron chi connectivity index (χ2n) is 3.74. The highest BCUT2D eigenvalue weighted by Gasteiger charge is 2.35. The fourth-order valence-electron chi connectivity index (χ4n) is 1.64. The average Bonchev–Trinajstić information content (AvgIpc) is 2.74. The Balaban J connectivity index is 2.68. The third kappa shape index (κ3) is 2.60. The van der Waals surface area contributed by atoms with Gasteiger partial charge in [-0.05, 0) is 12.1 Å². The van der Waals surface area contributed by atoms with Crippen LogP contribution in [0.4, 0.5) is 19.0 Å². The van der Waals surface area contributed by atoms with E-state index < -0.39 is 11.7 Å².